The molecule has 2 aliphatic rings. The molecule has 5 heteroatoms. The van der Waals surface area contributed by atoms with Crippen LogP contribution in [0.4, 0.5) is 0 Å². The molecule has 5 nitrogen and oxygen atoms in total. The molecule has 2 heterocycles. The molecule has 1 N–H and O–H groups in total. The average Bonchev–Trinajstić information content (AvgIpc) is 3.11. The Morgan fingerprint density at radius 3 is 2.90 bits per heavy atom. The monoisotopic (exact) mass is 292 g/mol. The smallest absolute Gasteiger partial charge is 0.141 e. The number of hydrogen-bond acceptors (Lipinski definition) is 4. The van der Waals surface area contributed by atoms with Crippen molar-refractivity contribution in [2.45, 2.75) is 77.1 Å². The zero-order chi connectivity index (χ0) is 14.7. The topological polar surface area (TPSA) is 54.2 Å². The molecule has 0 aromatic carbocycles. The average molecular weight is 292 g/mol. The highest BCUT2D eigenvalue weighted by atomic mass is 16.3. The molecule has 1 saturated carbocycles. The molecule has 1 aliphatic heterocycles. The Bertz CT molecular complexity index is 447. The van der Waals surface area contributed by atoms with Crippen molar-refractivity contribution < 1.29 is 5.11 Å². The molecule has 0 bridgehead atoms. The highest BCUT2D eigenvalue weighted by Gasteiger charge is 2.37. The lowest BCUT2D eigenvalue weighted by Gasteiger charge is -2.37. The van der Waals surface area contributed by atoms with Gasteiger partial charge in [0.1, 0.15) is 12.2 Å². The van der Waals surface area contributed by atoms with Gasteiger partial charge in [-0.25, -0.2) is 9.67 Å². The number of rotatable bonds is 5. The molecule has 0 radical (unpaired) electrons. The van der Waals surface area contributed by atoms with Crippen molar-refractivity contribution >= 4 is 0 Å². The molecule has 1 aromatic heterocycles. The zero-order valence-electron chi connectivity index (χ0n) is 13.1. The van der Waals surface area contributed by atoms with E-state index in [2.05, 4.69) is 21.9 Å². The van der Waals surface area contributed by atoms with Gasteiger partial charge in [-0.2, -0.15) is 5.10 Å². The summed E-state index contributed by atoms with van der Waals surface area (Å²) in [5, 5.41) is 14.7. The maximum Gasteiger partial charge on any atom is 0.141 e. The summed E-state index contributed by atoms with van der Waals surface area (Å²) < 4.78 is 2.03. The second kappa shape index (κ2) is 6.88. The van der Waals surface area contributed by atoms with E-state index >= 15 is 0 Å². The summed E-state index contributed by atoms with van der Waals surface area (Å²) in [6.07, 6.45) is 9.77. The Hall–Kier alpha value is -0.940. The molecule has 3 unspecified atom stereocenters. The number of aromatic nitrogens is 3. The predicted octanol–water partition coefficient (Wildman–Crippen LogP) is 2.20. The number of aliphatic hydroxyl groups is 1. The van der Waals surface area contributed by atoms with Gasteiger partial charge in [-0.15, -0.1) is 0 Å². The standard InChI is InChI=1S/C16H28N4O/c1-2-9-20-16(17-12-18-20)11-19-10-5-7-14(19)13-6-3-4-8-15(13)21/h12-15,21H,2-11H2,1H3. The van der Waals surface area contributed by atoms with Gasteiger partial charge in [-0.05, 0) is 38.6 Å². The van der Waals surface area contributed by atoms with E-state index in [1.54, 1.807) is 6.33 Å². The second-order valence-corrected chi connectivity index (χ2v) is 6.60. The minimum Gasteiger partial charge on any atom is -0.393 e. The van der Waals surface area contributed by atoms with Crippen LogP contribution in [0.1, 0.15) is 57.7 Å². The fraction of sp³-hybridized carbons (Fsp3) is 0.875. The molecule has 2 fully saturated rings. The van der Waals surface area contributed by atoms with Crippen LogP contribution in [0, 0.1) is 5.92 Å². The Morgan fingerprint density at radius 2 is 2.10 bits per heavy atom. The molecular weight excluding hydrogens is 264 g/mol. The normalized spacial score (nSPS) is 30.9. The maximum absolute atomic E-state index is 10.4. The summed E-state index contributed by atoms with van der Waals surface area (Å²) in [5.74, 6) is 1.54. The zero-order valence-corrected chi connectivity index (χ0v) is 13.1. The Labute approximate surface area is 127 Å². The van der Waals surface area contributed by atoms with Crippen LogP contribution in [0.25, 0.3) is 0 Å². The fourth-order valence-electron chi connectivity index (χ4n) is 4.11. The van der Waals surface area contributed by atoms with E-state index in [9.17, 15) is 5.11 Å². The molecule has 3 rings (SSSR count). The van der Waals surface area contributed by atoms with Crippen LogP contribution in [0.5, 0.6) is 0 Å². The first-order valence-electron chi connectivity index (χ1n) is 8.58. The largest absolute Gasteiger partial charge is 0.393 e. The molecule has 0 spiro atoms. The third-order valence-electron chi connectivity index (χ3n) is 5.17. The summed E-state index contributed by atoms with van der Waals surface area (Å²) in [5.41, 5.74) is 0. The molecule has 1 saturated heterocycles. The summed E-state index contributed by atoms with van der Waals surface area (Å²) >= 11 is 0. The highest BCUT2D eigenvalue weighted by molar-refractivity contribution is 4.94. The first-order chi connectivity index (χ1) is 10.3. The Balaban J connectivity index is 1.67. The van der Waals surface area contributed by atoms with Crippen molar-refractivity contribution in [1.29, 1.82) is 0 Å². The van der Waals surface area contributed by atoms with Crippen molar-refractivity contribution in [3.05, 3.63) is 12.2 Å². The number of aliphatic hydroxyl groups excluding tert-OH is 1. The van der Waals surface area contributed by atoms with Gasteiger partial charge in [0.05, 0.1) is 12.6 Å². The van der Waals surface area contributed by atoms with Crippen molar-refractivity contribution in [2.24, 2.45) is 5.92 Å². The predicted molar refractivity (Wildman–Crippen MR) is 81.7 cm³/mol. The molecule has 0 amide bonds. The van der Waals surface area contributed by atoms with Crippen LogP contribution in [-0.4, -0.2) is 43.5 Å². The second-order valence-electron chi connectivity index (χ2n) is 6.60. The molecule has 1 aliphatic carbocycles. The summed E-state index contributed by atoms with van der Waals surface area (Å²) in [6, 6.07) is 0.534. The van der Waals surface area contributed by atoms with E-state index < -0.39 is 0 Å². The quantitative estimate of drug-likeness (QED) is 0.904. The molecule has 1 aromatic rings. The van der Waals surface area contributed by atoms with E-state index in [0.29, 0.717) is 12.0 Å². The third kappa shape index (κ3) is 3.29. The number of aryl methyl sites for hydroxylation is 1. The van der Waals surface area contributed by atoms with Crippen LogP contribution < -0.4 is 0 Å². The summed E-state index contributed by atoms with van der Waals surface area (Å²) in [4.78, 5) is 6.98. The molecule has 118 valence electrons. The van der Waals surface area contributed by atoms with Gasteiger partial charge in [0.15, 0.2) is 0 Å². The van der Waals surface area contributed by atoms with Gasteiger partial charge >= 0.3 is 0 Å². The molecular formula is C16H28N4O. The Morgan fingerprint density at radius 1 is 1.24 bits per heavy atom. The van der Waals surface area contributed by atoms with Gasteiger partial charge in [-0.3, -0.25) is 4.90 Å². The van der Waals surface area contributed by atoms with Gasteiger partial charge in [0.25, 0.3) is 0 Å². The SMILES string of the molecule is CCCn1ncnc1CN1CCCC1C1CCCCC1O. The van der Waals surface area contributed by atoms with Crippen LogP contribution in [0.2, 0.25) is 0 Å². The van der Waals surface area contributed by atoms with Crippen LogP contribution in [-0.2, 0) is 13.1 Å². The third-order valence-corrected chi connectivity index (χ3v) is 5.17. The van der Waals surface area contributed by atoms with Gasteiger partial charge in [-0.1, -0.05) is 19.8 Å². The van der Waals surface area contributed by atoms with E-state index in [4.69, 9.17) is 0 Å². The molecule has 3 atom stereocenters. The minimum atomic E-state index is -0.0992. The minimum absolute atomic E-state index is 0.0992. The maximum atomic E-state index is 10.4. The molecule has 21 heavy (non-hydrogen) atoms. The Kier molecular flexibility index (Phi) is 4.91. The van der Waals surface area contributed by atoms with Crippen molar-refractivity contribution in [1.82, 2.24) is 19.7 Å². The van der Waals surface area contributed by atoms with Crippen molar-refractivity contribution in [2.75, 3.05) is 6.54 Å². The number of nitrogens with zero attached hydrogens (tertiary/aromatic N) is 4. The van der Waals surface area contributed by atoms with Crippen LogP contribution >= 0.6 is 0 Å². The van der Waals surface area contributed by atoms with Crippen LogP contribution in [0.3, 0.4) is 0 Å². The lowest BCUT2D eigenvalue weighted by atomic mass is 9.80. The van der Waals surface area contributed by atoms with Gasteiger partial charge in [0.2, 0.25) is 0 Å². The van der Waals surface area contributed by atoms with E-state index in [-0.39, 0.29) is 6.10 Å². The number of hydrogen-bond donors (Lipinski definition) is 1. The lowest BCUT2D eigenvalue weighted by Crippen LogP contribution is -2.42. The first-order valence-corrected chi connectivity index (χ1v) is 8.58. The van der Waals surface area contributed by atoms with Crippen molar-refractivity contribution in [3.8, 4) is 0 Å². The van der Waals surface area contributed by atoms with Crippen LogP contribution in [0.15, 0.2) is 6.33 Å². The van der Waals surface area contributed by atoms with Crippen molar-refractivity contribution in [3.63, 3.8) is 0 Å². The van der Waals surface area contributed by atoms with Gasteiger partial charge in [0, 0.05) is 18.5 Å². The van der Waals surface area contributed by atoms with E-state index in [1.807, 2.05) is 4.68 Å². The summed E-state index contributed by atoms with van der Waals surface area (Å²) in [6.45, 7) is 5.13. The first kappa shape index (κ1) is 15.0. The fourth-order valence-corrected chi connectivity index (χ4v) is 4.11. The van der Waals surface area contributed by atoms with E-state index in [1.165, 1.54) is 32.1 Å². The van der Waals surface area contributed by atoms with Gasteiger partial charge < -0.3 is 5.11 Å². The number of likely N-dealkylation sites (tertiary alicyclic amines) is 1. The lowest BCUT2D eigenvalue weighted by molar-refractivity contribution is 0.0192. The highest BCUT2D eigenvalue weighted by Crippen LogP contribution is 2.35. The van der Waals surface area contributed by atoms with E-state index in [0.717, 1.165) is 38.3 Å². The summed E-state index contributed by atoms with van der Waals surface area (Å²) in [7, 11) is 0.